The van der Waals surface area contributed by atoms with Crippen LogP contribution in [0.25, 0.3) is 16.9 Å². The van der Waals surface area contributed by atoms with E-state index >= 15 is 0 Å². The van der Waals surface area contributed by atoms with Crippen molar-refractivity contribution < 1.29 is 0 Å². The lowest BCUT2D eigenvalue weighted by atomic mass is 10.2. The fraction of sp³-hybridized carbons (Fsp3) is 0.143. The van der Waals surface area contributed by atoms with E-state index in [9.17, 15) is 0 Å². The molecule has 2 aromatic heterocycles. The lowest BCUT2D eigenvalue weighted by molar-refractivity contribution is 0.869. The normalized spacial score (nSPS) is 11.0. The summed E-state index contributed by atoms with van der Waals surface area (Å²) in [6.45, 7) is 2.46. The van der Waals surface area contributed by atoms with Gasteiger partial charge >= 0.3 is 0 Å². The van der Waals surface area contributed by atoms with Crippen LogP contribution in [0.1, 0.15) is 11.4 Å². The molecule has 0 atom stereocenters. The minimum Gasteiger partial charge on any atom is -0.325 e. The van der Waals surface area contributed by atoms with Gasteiger partial charge in [0.1, 0.15) is 0 Å². The fourth-order valence-corrected chi connectivity index (χ4v) is 2.05. The summed E-state index contributed by atoms with van der Waals surface area (Å²) in [6.07, 6.45) is 0. The van der Waals surface area contributed by atoms with Crippen molar-refractivity contribution in [3.05, 3.63) is 53.9 Å². The Balaban J connectivity index is 2.20. The smallest absolute Gasteiger partial charge is 0.156 e. The molecule has 90 valence electrons. The Hall–Kier alpha value is -2.20. The maximum Gasteiger partial charge on any atom is 0.156 e. The molecule has 0 radical (unpaired) electrons. The lowest BCUT2D eigenvalue weighted by Crippen LogP contribution is -2.04. The van der Waals surface area contributed by atoms with Crippen LogP contribution in [-0.2, 0) is 6.54 Å². The van der Waals surface area contributed by atoms with Gasteiger partial charge in [0.05, 0.1) is 11.4 Å². The van der Waals surface area contributed by atoms with Crippen LogP contribution >= 0.6 is 0 Å². The maximum absolute atomic E-state index is 5.64. The summed E-state index contributed by atoms with van der Waals surface area (Å²) in [7, 11) is 0. The standard InChI is InChI=1S/C14H14N4/c1-10-7-12(9-15)16-14-8-13(17-18(10)14)11-5-3-2-4-6-11/h2-8H,9,15H2,1H3. The second-order valence-electron chi connectivity index (χ2n) is 4.26. The van der Waals surface area contributed by atoms with Gasteiger partial charge in [0, 0.05) is 23.9 Å². The van der Waals surface area contributed by atoms with Crippen molar-refractivity contribution in [3.63, 3.8) is 0 Å². The Labute approximate surface area is 105 Å². The van der Waals surface area contributed by atoms with Gasteiger partial charge in [0.2, 0.25) is 0 Å². The molecule has 4 nitrogen and oxygen atoms in total. The van der Waals surface area contributed by atoms with Crippen LogP contribution in [0.5, 0.6) is 0 Å². The summed E-state index contributed by atoms with van der Waals surface area (Å²) in [4.78, 5) is 4.48. The molecule has 3 rings (SSSR count). The molecule has 2 heterocycles. The molecular weight excluding hydrogens is 224 g/mol. The number of aromatic nitrogens is 3. The molecule has 0 bridgehead atoms. The van der Waals surface area contributed by atoms with Gasteiger partial charge in [0.25, 0.3) is 0 Å². The number of hydrogen-bond acceptors (Lipinski definition) is 3. The lowest BCUT2D eigenvalue weighted by Gasteiger charge is -2.01. The number of rotatable bonds is 2. The molecule has 4 heteroatoms. The monoisotopic (exact) mass is 238 g/mol. The van der Waals surface area contributed by atoms with Crippen LogP contribution in [-0.4, -0.2) is 14.6 Å². The van der Waals surface area contributed by atoms with Crippen LogP contribution in [0, 0.1) is 6.92 Å². The van der Waals surface area contributed by atoms with Crippen molar-refractivity contribution >= 4 is 5.65 Å². The molecule has 1 aromatic carbocycles. The van der Waals surface area contributed by atoms with E-state index in [1.807, 2.05) is 53.9 Å². The minimum atomic E-state index is 0.448. The Bertz CT molecular complexity index is 686. The average molecular weight is 238 g/mol. The molecule has 0 fully saturated rings. The molecule has 3 aromatic rings. The van der Waals surface area contributed by atoms with Crippen molar-refractivity contribution in [3.8, 4) is 11.3 Å². The van der Waals surface area contributed by atoms with Gasteiger partial charge in [-0.15, -0.1) is 0 Å². The first kappa shape index (κ1) is 10.9. The zero-order valence-corrected chi connectivity index (χ0v) is 10.2. The van der Waals surface area contributed by atoms with Gasteiger partial charge in [-0.1, -0.05) is 30.3 Å². The zero-order chi connectivity index (χ0) is 12.5. The second kappa shape index (κ2) is 4.23. The van der Waals surface area contributed by atoms with E-state index in [1.54, 1.807) is 0 Å². The molecule has 0 aliphatic rings. The summed E-state index contributed by atoms with van der Waals surface area (Å²) in [5.74, 6) is 0. The van der Waals surface area contributed by atoms with Crippen LogP contribution < -0.4 is 5.73 Å². The quantitative estimate of drug-likeness (QED) is 0.744. The highest BCUT2D eigenvalue weighted by Crippen LogP contribution is 2.19. The summed E-state index contributed by atoms with van der Waals surface area (Å²) in [5.41, 5.74) is 10.4. The Morgan fingerprint density at radius 2 is 1.94 bits per heavy atom. The van der Waals surface area contributed by atoms with Gasteiger partial charge in [-0.2, -0.15) is 5.10 Å². The van der Waals surface area contributed by atoms with E-state index in [1.165, 1.54) is 0 Å². The van der Waals surface area contributed by atoms with E-state index in [4.69, 9.17) is 5.73 Å². The van der Waals surface area contributed by atoms with Gasteiger partial charge in [-0.05, 0) is 13.0 Å². The van der Waals surface area contributed by atoms with Crippen LogP contribution in [0.2, 0.25) is 0 Å². The molecule has 0 aliphatic heterocycles. The average Bonchev–Trinajstić information content (AvgIpc) is 2.84. The topological polar surface area (TPSA) is 56.2 Å². The summed E-state index contributed by atoms with van der Waals surface area (Å²) < 4.78 is 1.85. The summed E-state index contributed by atoms with van der Waals surface area (Å²) in [5, 5.41) is 4.57. The van der Waals surface area contributed by atoms with Crippen LogP contribution in [0.4, 0.5) is 0 Å². The third-order valence-electron chi connectivity index (χ3n) is 2.94. The number of nitrogens with two attached hydrogens (primary N) is 1. The van der Waals surface area contributed by atoms with Crippen LogP contribution in [0.15, 0.2) is 42.5 Å². The van der Waals surface area contributed by atoms with Gasteiger partial charge in [-0.25, -0.2) is 9.50 Å². The molecule has 0 saturated heterocycles. The Morgan fingerprint density at radius 1 is 1.17 bits per heavy atom. The van der Waals surface area contributed by atoms with E-state index in [2.05, 4.69) is 10.1 Å². The van der Waals surface area contributed by atoms with Gasteiger partial charge < -0.3 is 5.73 Å². The number of nitrogens with zero attached hydrogens (tertiary/aromatic N) is 3. The van der Waals surface area contributed by atoms with Crippen LogP contribution in [0.3, 0.4) is 0 Å². The highest BCUT2D eigenvalue weighted by Gasteiger charge is 2.07. The number of hydrogen-bond donors (Lipinski definition) is 1. The molecule has 0 unspecified atom stereocenters. The van der Waals surface area contributed by atoms with Crippen molar-refractivity contribution in [2.24, 2.45) is 5.73 Å². The molecule has 0 spiro atoms. The largest absolute Gasteiger partial charge is 0.325 e. The first-order valence-corrected chi connectivity index (χ1v) is 5.90. The van der Waals surface area contributed by atoms with Crippen molar-refractivity contribution in [1.29, 1.82) is 0 Å². The number of fused-ring (bicyclic) bond motifs is 1. The molecule has 0 amide bonds. The van der Waals surface area contributed by atoms with E-state index in [-0.39, 0.29) is 0 Å². The van der Waals surface area contributed by atoms with Crippen molar-refractivity contribution in [2.45, 2.75) is 13.5 Å². The Kier molecular flexibility index (Phi) is 2.57. The molecule has 0 aliphatic carbocycles. The number of benzene rings is 1. The minimum absolute atomic E-state index is 0.448. The third-order valence-corrected chi connectivity index (χ3v) is 2.94. The predicted octanol–water partition coefficient (Wildman–Crippen LogP) is 2.16. The fourth-order valence-electron chi connectivity index (χ4n) is 2.05. The Morgan fingerprint density at radius 3 is 2.67 bits per heavy atom. The first-order valence-electron chi connectivity index (χ1n) is 5.90. The van der Waals surface area contributed by atoms with Gasteiger partial charge in [-0.3, -0.25) is 0 Å². The second-order valence-corrected chi connectivity index (χ2v) is 4.26. The maximum atomic E-state index is 5.64. The summed E-state index contributed by atoms with van der Waals surface area (Å²) in [6, 6.07) is 14.0. The molecule has 2 N–H and O–H groups in total. The third kappa shape index (κ3) is 1.76. The van der Waals surface area contributed by atoms with E-state index < -0.39 is 0 Å². The highest BCUT2D eigenvalue weighted by atomic mass is 15.3. The number of aryl methyl sites for hydroxylation is 1. The first-order chi connectivity index (χ1) is 8.78. The van der Waals surface area contributed by atoms with E-state index in [0.717, 1.165) is 28.3 Å². The zero-order valence-electron chi connectivity index (χ0n) is 10.2. The van der Waals surface area contributed by atoms with Gasteiger partial charge in [0.15, 0.2) is 5.65 Å². The highest BCUT2D eigenvalue weighted by molar-refractivity contribution is 5.64. The van der Waals surface area contributed by atoms with E-state index in [0.29, 0.717) is 6.54 Å². The molecule has 18 heavy (non-hydrogen) atoms. The van der Waals surface area contributed by atoms with Crippen molar-refractivity contribution in [2.75, 3.05) is 0 Å². The molecule has 0 saturated carbocycles. The predicted molar refractivity (Wildman–Crippen MR) is 71.1 cm³/mol. The summed E-state index contributed by atoms with van der Waals surface area (Å²) >= 11 is 0. The molecular formula is C14H14N4. The SMILES string of the molecule is Cc1cc(CN)nc2cc(-c3ccccc3)nn12. The van der Waals surface area contributed by atoms with Crippen molar-refractivity contribution in [1.82, 2.24) is 14.6 Å².